The summed E-state index contributed by atoms with van der Waals surface area (Å²) in [7, 11) is 0. The van der Waals surface area contributed by atoms with Gasteiger partial charge in [0, 0.05) is 31.0 Å². The normalized spacial score (nSPS) is 13.8. The first kappa shape index (κ1) is 20.0. The molecular weight excluding hydrogens is 395 g/mol. The molecule has 2 aromatic carbocycles. The fourth-order valence-electron chi connectivity index (χ4n) is 3.47. The number of nitrogens with one attached hydrogen (secondary N) is 2. The summed E-state index contributed by atoms with van der Waals surface area (Å²) in [5.74, 6) is 0.404. The number of aromatic nitrogens is 2. The van der Waals surface area contributed by atoms with Gasteiger partial charge in [-0.05, 0) is 28.8 Å². The van der Waals surface area contributed by atoms with E-state index < -0.39 is 18.8 Å². The molecule has 0 bridgehead atoms. The summed E-state index contributed by atoms with van der Waals surface area (Å²) in [5, 5.41) is 9.69. The van der Waals surface area contributed by atoms with Crippen LogP contribution in [0.5, 0.6) is 0 Å². The SMILES string of the molecule is O=C(Nc1ccc2c(c1)CN(CC(F)(F)F)C2)Nc1ccn(Cc2ccccc2)n1. The number of hydrogen-bond acceptors (Lipinski definition) is 3. The van der Waals surface area contributed by atoms with Crippen LogP contribution in [0.2, 0.25) is 0 Å². The number of urea groups is 1. The number of nitrogens with zero attached hydrogens (tertiary/aromatic N) is 3. The van der Waals surface area contributed by atoms with Crippen LogP contribution in [0, 0.1) is 0 Å². The molecule has 2 heterocycles. The minimum atomic E-state index is -4.23. The van der Waals surface area contributed by atoms with E-state index in [4.69, 9.17) is 0 Å². The molecule has 0 saturated heterocycles. The number of amides is 2. The van der Waals surface area contributed by atoms with Gasteiger partial charge < -0.3 is 5.32 Å². The largest absolute Gasteiger partial charge is 0.401 e. The van der Waals surface area contributed by atoms with Crippen molar-refractivity contribution in [1.82, 2.24) is 14.7 Å². The van der Waals surface area contributed by atoms with E-state index in [2.05, 4.69) is 15.7 Å². The summed E-state index contributed by atoms with van der Waals surface area (Å²) >= 11 is 0. The molecule has 0 saturated carbocycles. The Bertz CT molecular complexity index is 1030. The van der Waals surface area contributed by atoms with Gasteiger partial charge in [-0.1, -0.05) is 36.4 Å². The highest BCUT2D eigenvalue weighted by atomic mass is 19.4. The highest BCUT2D eigenvalue weighted by molar-refractivity contribution is 5.99. The average molecular weight is 415 g/mol. The Hall–Kier alpha value is -3.33. The van der Waals surface area contributed by atoms with Gasteiger partial charge in [-0.2, -0.15) is 18.3 Å². The lowest BCUT2D eigenvalue weighted by atomic mass is 10.1. The van der Waals surface area contributed by atoms with Gasteiger partial charge in [-0.15, -0.1) is 0 Å². The maximum Gasteiger partial charge on any atom is 0.401 e. The molecule has 0 unspecified atom stereocenters. The second-order valence-corrected chi connectivity index (χ2v) is 7.21. The van der Waals surface area contributed by atoms with Crippen LogP contribution >= 0.6 is 0 Å². The molecule has 6 nitrogen and oxygen atoms in total. The molecule has 9 heteroatoms. The van der Waals surface area contributed by atoms with E-state index in [-0.39, 0.29) is 13.1 Å². The highest BCUT2D eigenvalue weighted by Crippen LogP contribution is 2.28. The number of alkyl halides is 3. The summed E-state index contributed by atoms with van der Waals surface area (Å²) in [5.41, 5.74) is 3.23. The van der Waals surface area contributed by atoms with E-state index in [9.17, 15) is 18.0 Å². The molecule has 4 rings (SSSR count). The maximum absolute atomic E-state index is 12.6. The molecule has 3 aromatic rings. The maximum atomic E-state index is 12.6. The minimum Gasteiger partial charge on any atom is -0.308 e. The molecule has 0 radical (unpaired) electrons. The van der Waals surface area contributed by atoms with Crippen LogP contribution in [0.15, 0.2) is 60.8 Å². The second-order valence-electron chi connectivity index (χ2n) is 7.21. The van der Waals surface area contributed by atoms with Crippen molar-refractivity contribution in [1.29, 1.82) is 0 Å². The minimum absolute atomic E-state index is 0.204. The lowest BCUT2D eigenvalue weighted by molar-refractivity contribution is -0.146. The topological polar surface area (TPSA) is 62.2 Å². The summed E-state index contributed by atoms with van der Waals surface area (Å²) in [6, 6.07) is 16.2. The van der Waals surface area contributed by atoms with Gasteiger partial charge in [0.05, 0.1) is 13.1 Å². The zero-order valence-corrected chi connectivity index (χ0v) is 16.0. The third kappa shape index (κ3) is 5.18. The molecule has 30 heavy (non-hydrogen) atoms. The molecule has 1 aliphatic heterocycles. The van der Waals surface area contributed by atoms with E-state index in [0.29, 0.717) is 18.1 Å². The molecule has 156 valence electrons. The Morgan fingerprint density at radius 2 is 1.77 bits per heavy atom. The van der Waals surface area contributed by atoms with Gasteiger partial charge in [0.1, 0.15) is 0 Å². The summed E-state index contributed by atoms with van der Waals surface area (Å²) < 4.78 is 39.5. The molecular formula is C21H20F3N5O. The predicted octanol–water partition coefficient (Wildman–Crippen LogP) is 4.45. The van der Waals surface area contributed by atoms with Crippen molar-refractivity contribution in [3.05, 3.63) is 77.5 Å². The Labute approximate surface area is 171 Å². The van der Waals surface area contributed by atoms with Crippen molar-refractivity contribution in [2.45, 2.75) is 25.8 Å². The smallest absolute Gasteiger partial charge is 0.308 e. The van der Waals surface area contributed by atoms with Gasteiger partial charge in [-0.25, -0.2) is 4.79 Å². The number of fused-ring (bicyclic) bond motifs is 1. The van der Waals surface area contributed by atoms with Crippen LogP contribution in [0.1, 0.15) is 16.7 Å². The Balaban J connectivity index is 1.33. The van der Waals surface area contributed by atoms with Crippen LogP contribution in [0.3, 0.4) is 0 Å². The lowest BCUT2D eigenvalue weighted by Gasteiger charge is -2.16. The molecule has 0 fully saturated rings. The Morgan fingerprint density at radius 3 is 2.53 bits per heavy atom. The molecule has 1 aromatic heterocycles. The fraction of sp³-hybridized carbons (Fsp3) is 0.238. The lowest BCUT2D eigenvalue weighted by Crippen LogP contribution is -2.29. The van der Waals surface area contributed by atoms with Crippen LogP contribution in [0.4, 0.5) is 29.5 Å². The summed E-state index contributed by atoms with van der Waals surface area (Å²) in [6.45, 7) is 0.0933. The number of carbonyl (C=O) groups excluding carboxylic acids is 1. The van der Waals surface area contributed by atoms with Gasteiger partial charge in [0.15, 0.2) is 5.82 Å². The summed E-state index contributed by atoms with van der Waals surface area (Å²) in [6.07, 6.45) is -2.46. The number of hydrogen-bond donors (Lipinski definition) is 2. The van der Waals surface area contributed by atoms with Crippen LogP contribution in [-0.2, 0) is 19.6 Å². The Morgan fingerprint density at radius 1 is 1.00 bits per heavy atom. The molecule has 0 atom stereocenters. The highest BCUT2D eigenvalue weighted by Gasteiger charge is 2.33. The van der Waals surface area contributed by atoms with E-state index in [1.165, 1.54) is 4.90 Å². The van der Waals surface area contributed by atoms with Crippen molar-refractivity contribution in [3.8, 4) is 0 Å². The predicted molar refractivity (Wildman–Crippen MR) is 107 cm³/mol. The van der Waals surface area contributed by atoms with Gasteiger partial charge >= 0.3 is 12.2 Å². The third-order valence-electron chi connectivity index (χ3n) is 4.72. The van der Waals surface area contributed by atoms with E-state index in [0.717, 1.165) is 16.7 Å². The number of anilines is 2. The van der Waals surface area contributed by atoms with Crippen molar-refractivity contribution in [2.24, 2.45) is 0 Å². The number of rotatable bonds is 5. The molecule has 0 spiro atoms. The first-order chi connectivity index (χ1) is 14.3. The number of halogens is 3. The number of carbonyl (C=O) groups is 1. The molecule has 2 N–H and O–H groups in total. The van der Waals surface area contributed by atoms with Gasteiger partial charge in [0.2, 0.25) is 0 Å². The molecule has 0 aliphatic carbocycles. The third-order valence-corrected chi connectivity index (χ3v) is 4.72. The first-order valence-corrected chi connectivity index (χ1v) is 9.40. The second kappa shape index (κ2) is 8.19. The fourth-order valence-corrected chi connectivity index (χ4v) is 3.47. The van der Waals surface area contributed by atoms with E-state index in [1.54, 1.807) is 35.1 Å². The quantitative estimate of drug-likeness (QED) is 0.647. The zero-order valence-electron chi connectivity index (χ0n) is 16.0. The van der Waals surface area contributed by atoms with E-state index in [1.807, 2.05) is 30.3 Å². The molecule has 1 aliphatic rings. The van der Waals surface area contributed by atoms with Crippen LogP contribution in [-0.4, -0.2) is 33.4 Å². The van der Waals surface area contributed by atoms with Crippen LogP contribution < -0.4 is 10.6 Å². The van der Waals surface area contributed by atoms with Crippen molar-refractivity contribution >= 4 is 17.5 Å². The van der Waals surface area contributed by atoms with E-state index >= 15 is 0 Å². The molecule has 2 amide bonds. The monoisotopic (exact) mass is 415 g/mol. The van der Waals surface area contributed by atoms with Crippen LogP contribution in [0.25, 0.3) is 0 Å². The van der Waals surface area contributed by atoms with Gasteiger partial charge in [-0.3, -0.25) is 14.9 Å². The number of benzene rings is 2. The summed E-state index contributed by atoms with van der Waals surface area (Å²) in [4.78, 5) is 13.6. The van der Waals surface area contributed by atoms with Crippen molar-refractivity contribution < 1.29 is 18.0 Å². The Kier molecular flexibility index (Phi) is 5.45. The zero-order chi connectivity index (χ0) is 21.1. The van der Waals surface area contributed by atoms with Gasteiger partial charge in [0.25, 0.3) is 0 Å². The van der Waals surface area contributed by atoms with Crippen molar-refractivity contribution in [3.63, 3.8) is 0 Å². The standard InChI is InChI=1S/C21H20F3N5O/c22-21(23,24)14-28-12-16-6-7-18(10-17(16)13-28)25-20(30)26-19-8-9-29(27-19)11-15-4-2-1-3-5-15/h1-10H,11-14H2,(H2,25,26,27,30). The van der Waals surface area contributed by atoms with Crippen molar-refractivity contribution in [2.75, 3.05) is 17.2 Å². The average Bonchev–Trinajstić information content (AvgIpc) is 3.26. The first-order valence-electron chi connectivity index (χ1n) is 9.40.